The van der Waals surface area contributed by atoms with E-state index in [1.54, 1.807) is 22.7 Å². The number of aryl methyl sites for hydroxylation is 1. The third-order valence-electron chi connectivity index (χ3n) is 5.27. The summed E-state index contributed by atoms with van der Waals surface area (Å²) in [5, 5.41) is 14.0. The van der Waals surface area contributed by atoms with E-state index in [2.05, 4.69) is 93.5 Å². The molecule has 2 N–H and O–H groups in total. The van der Waals surface area contributed by atoms with Gasteiger partial charge < -0.3 is 15.2 Å². The average molecular weight is 418 g/mol. The van der Waals surface area contributed by atoms with E-state index in [1.165, 1.54) is 31.6 Å². The number of rotatable bonds is 7. The zero-order valence-electron chi connectivity index (χ0n) is 16.3. The second kappa shape index (κ2) is 7.93. The minimum absolute atomic E-state index is 0.864. The molecule has 5 rings (SSSR count). The Kier molecular flexibility index (Phi) is 5.00. The lowest BCUT2D eigenvalue weighted by molar-refractivity contribution is 0.827. The van der Waals surface area contributed by atoms with E-state index < -0.39 is 0 Å². The summed E-state index contributed by atoms with van der Waals surface area (Å²) in [6, 6.07) is 22.0. The first-order valence-corrected chi connectivity index (χ1v) is 11.7. The monoisotopic (exact) mass is 417 g/mol. The molecule has 5 heteroatoms. The summed E-state index contributed by atoms with van der Waals surface area (Å²) in [5.41, 5.74) is 4.91. The Balaban J connectivity index is 1.50. The van der Waals surface area contributed by atoms with Crippen LogP contribution in [0.25, 0.3) is 21.8 Å². The number of hydrogen-bond donors (Lipinski definition) is 2. The fourth-order valence-corrected chi connectivity index (χ4v) is 5.16. The van der Waals surface area contributed by atoms with Crippen LogP contribution in [0.3, 0.4) is 0 Å². The minimum Gasteiger partial charge on any atom is -0.380 e. The van der Waals surface area contributed by atoms with Crippen molar-refractivity contribution >= 4 is 55.9 Å². The summed E-state index contributed by atoms with van der Waals surface area (Å²) < 4.78 is 2.40. The third kappa shape index (κ3) is 3.63. The second-order valence-corrected chi connectivity index (χ2v) is 9.14. The number of thiophene rings is 2. The largest absolute Gasteiger partial charge is 0.380 e. The molecule has 0 radical (unpaired) electrons. The van der Waals surface area contributed by atoms with Gasteiger partial charge in [0.05, 0.1) is 0 Å². The molecule has 0 amide bonds. The van der Waals surface area contributed by atoms with Crippen LogP contribution in [0.1, 0.15) is 16.7 Å². The summed E-state index contributed by atoms with van der Waals surface area (Å²) >= 11 is 3.58. The van der Waals surface area contributed by atoms with Gasteiger partial charge in [0.25, 0.3) is 0 Å². The summed E-state index contributed by atoms with van der Waals surface area (Å²) in [6.45, 7) is 4.90. The third-order valence-corrected chi connectivity index (χ3v) is 7.03. The minimum atomic E-state index is 0.864. The highest BCUT2D eigenvalue weighted by Gasteiger charge is 2.11. The van der Waals surface area contributed by atoms with Crippen LogP contribution >= 0.6 is 22.7 Å². The normalized spacial score (nSPS) is 11.3. The maximum Gasteiger partial charge on any atom is 0.0494 e. The fraction of sp³-hybridized carbons (Fsp3) is 0.167. The van der Waals surface area contributed by atoms with Gasteiger partial charge in [0, 0.05) is 62.6 Å². The van der Waals surface area contributed by atoms with E-state index in [4.69, 9.17) is 0 Å². The van der Waals surface area contributed by atoms with Gasteiger partial charge in [0.15, 0.2) is 0 Å². The zero-order chi connectivity index (χ0) is 19.6. The topological polar surface area (TPSA) is 29.0 Å². The molecule has 0 bridgehead atoms. The summed E-state index contributed by atoms with van der Waals surface area (Å²) in [4.78, 5) is 2.70. The highest BCUT2D eigenvalue weighted by Crippen LogP contribution is 2.33. The molecule has 29 heavy (non-hydrogen) atoms. The van der Waals surface area contributed by atoms with E-state index in [1.807, 2.05) is 0 Å². The number of nitrogens with zero attached hydrogens (tertiary/aromatic N) is 1. The molecule has 0 aliphatic heterocycles. The Labute approximate surface area is 178 Å². The lowest BCUT2D eigenvalue weighted by Crippen LogP contribution is -1.97. The smallest absolute Gasteiger partial charge is 0.0494 e. The van der Waals surface area contributed by atoms with Crippen molar-refractivity contribution in [1.82, 2.24) is 4.57 Å². The van der Waals surface area contributed by atoms with E-state index in [9.17, 15) is 0 Å². The average Bonchev–Trinajstić information content (AvgIpc) is 3.50. The van der Waals surface area contributed by atoms with Crippen LogP contribution in [0, 0.1) is 0 Å². The van der Waals surface area contributed by atoms with Gasteiger partial charge in [-0.05, 0) is 66.2 Å². The Hall–Kier alpha value is -2.76. The van der Waals surface area contributed by atoms with Crippen molar-refractivity contribution in [1.29, 1.82) is 0 Å². The summed E-state index contributed by atoms with van der Waals surface area (Å²) in [7, 11) is 0. The quantitative estimate of drug-likeness (QED) is 0.294. The van der Waals surface area contributed by atoms with Gasteiger partial charge in [0.1, 0.15) is 0 Å². The molecule has 3 heterocycles. The first-order chi connectivity index (χ1) is 14.3. The molecule has 3 aromatic heterocycles. The maximum atomic E-state index is 3.58. The van der Waals surface area contributed by atoms with E-state index in [0.29, 0.717) is 0 Å². The van der Waals surface area contributed by atoms with Crippen molar-refractivity contribution in [3.8, 4) is 0 Å². The van der Waals surface area contributed by atoms with Gasteiger partial charge >= 0.3 is 0 Å². The van der Waals surface area contributed by atoms with Crippen molar-refractivity contribution < 1.29 is 0 Å². The van der Waals surface area contributed by atoms with E-state index in [0.717, 1.165) is 31.0 Å². The van der Waals surface area contributed by atoms with Crippen LogP contribution in [0.15, 0.2) is 71.4 Å². The van der Waals surface area contributed by atoms with Crippen molar-refractivity contribution in [2.45, 2.75) is 26.6 Å². The van der Waals surface area contributed by atoms with Gasteiger partial charge in [0.2, 0.25) is 0 Å². The number of nitrogens with one attached hydrogen (secondary N) is 2. The SMILES string of the molecule is CCn1c2ccc(NCc3cccs3)cc2c2cc(NCc3cccs3)ccc21. The molecule has 3 nitrogen and oxygen atoms in total. The molecule has 0 aliphatic rings. The number of aromatic nitrogens is 1. The molecule has 0 unspecified atom stereocenters. The zero-order valence-corrected chi connectivity index (χ0v) is 17.9. The van der Waals surface area contributed by atoms with E-state index >= 15 is 0 Å². The Morgan fingerprint density at radius 2 is 1.24 bits per heavy atom. The van der Waals surface area contributed by atoms with Gasteiger partial charge in [-0.1, -0.05) is 12.1 Å². The number of hydrogen-bond acceptors (Lipinski definition) is 4. The lowest BCUT2D eigenvalue weighted by Gasteiger charge is -2.06. The van der Waals surface area contributed by atoms with Crippen LogP contribution in [-0.4, -0.2) is 4.57 Å². The predicted octanol–water partition coefficient (Wildman–Crippen LogP) is 7.16. The highest BCUT2D eigenvalue weighted by molar-refractivity contribution is 7.10. The fourth-order valence-electron chi connectivity index (χ4n) is 3.87. The van der Waals surface area contributed by atoms with Gasteiger partial charge in [-0.3, -0.25) is 0 Å². The Morgan fingerprint density at radius 1 is 0.724 bits per heavy atom. The lowest BCUT2D eigenvalue weighted by atomic mass is 10.1. The Bertz CT molecular complexity index is 1140. The molecule has 0 atom stereocenters. The molecule has 5 aromatic rings. The van der Waals surface area contributed by atoms with Gasteiger partial charge in [-0.25, -0.2) is 0 Å². The van der Waals surface area contributed by atoms with Crippen LogP contribution < -0.4 is 10.6 Å². The first-order valence-electron chi connectivity index (χ1n) is 9.90. The second-order valence-electron chi connectivity index (χ2n) is 7.07. The summed E-state index contributed by atoms with van der Waals surface area (Å²) in [6.07, 6.45) is 0. The molecule has 146 valence electrons. The van der Waals surface area contributed by atoms with Crippen molar-refractivity contribution in [2.75, 3.05) is 10.6 Å². The van der Waals surface area contributed by atoms with E-state index in [-0.39, 0.29) is 0 Å². The molecular weight excluding hydrogens is 394 g/mol. The number of anilines is 2. The van der Waals surface area contributed by atoms with Crippen molar-refractivity contribution in [3.63, 3.8) is 0 Å². The maximum absolute atomic E-state index is 3.58. The highest BCUT2D eigenvalue weighted by atomic mass is 32.1. The van der Waals surface area contributed by atoms with Crippen LogP contribution in [-0.2, 0) is 19.6 Å². The number of benzene rings is 2. The molecule has 0 saturated carbocycles. The summed E-state index contributed by atoms with van der Waals surface area (Å²) in [5.74, 6) is 0. The molecule has 0 aliphatic carbocycles. The van der Waals surface area contributed by atoms with Crippen molar-refractivity contribution in [3.05, 3.63) is 81.2 Å². The Morgan fingerprint density at radius 3 is 1.66 bits per heavy atom. The van der Waals surface area contributed by atoms with Crippen LogP contribution in [0.4, 0.5) is 11.4 Å². The van der Waals surface area contributed by atoms with Gasteiger partial charge in [-0.2, -0.15) is 0 Å². The first kappa shape index (κ1) is 18.3. The standard InChI is InChI=1S/C24H23N3S2/c1-2-27-23-9-7-17(25-15-19-5-3-11-28-19)13-21(23)22-14-18(8-10-24(22)27)26-16-20-6-4-12-29-20/h3-14,25-26H,2,15-16H2,1H3. The number of fused-ring (bicyclic) bond motifs is 3. The van der Waals surface area contributed by atoms with Gasteiger partial charge in [-0.15, -0.1) is 22.7 Å². The molecular formula is C24H23N3S2. The predicted molar refractivity (Wildman–Crippen MR) is 128 cm³/mol. The van der Waals surface area contributed by atoms with Crippen LogP contribution in [0.5, 0.6) is 0 Å². The van der Waals surface area contributed by atoms with Crippen molar-refractivity contribution in [2.24, 2.45) is 0 Å². The molecule has 0 spiro atoms. The molecule has 0 fully saturated rings. The molecule has 2 aromatic carbocycles. The van der Waals surface area contributed by atoms with Crippen LogP contribution in [0.2, 0.25) is 0 Å². The molecule has 0 saturated heterocycles.